The van der Waals surface area contributed by atoms with Crippen LogP contribution >= 0.6 is 11.3 Å². The molecule has 0 N–H and O–H groups in total. The molecule has 110 valence electrons. The summed E-state index contributed by atoms with van der Waals surface area (Å²) in [6.45, 7) is 8.45. The Morgan fingerprint density at radius 3 is 2.20 bits per heavy atom. The lowest BCUT2D eigenvalue weighted by molar-refractivity contribution is 0.00578. The predicted molar refractivity (Wildman–Crippen MR) is 85.9 cm³/mol. The molecule has 1 aliphatic carbocycles. The summed E-state index contributed by atoms with van der Waals surface area (Å²) in [5.41, 5.74) is -0.487. The van der Waals surface area contributed by atoms with Crippen LogP contribution in [0.2, 0.25) is 0 Å². The fraction of sp³-hybridized carbons (Fsp3) is 0.750. The van der Waals surface area contributed by atoms with Crippen molar-refractivity contribution in [3.8, 4) is 0 Å². The van der Waals surface area contributed by atoms with Gasteiger partial charge in [-0.3, -0.25) is 0 Å². The maximum atomic E-state index is 6.14. The first kappa shape index (κ1) is 14.6. The van der Waals surface area contributed by atoms with Gasteiger partial charge in [-0.05, 0) is 52.5 Å². The molecule has 2 nitrogen and oxygen atoms in total. The van der Waals surface area contributed by atoms with Gasteiger partial charge >= 0.3 is 7.12 Å². The number of thiophene rings is 1. The SMILES string of the molecule is CC1(C)OB(c2ccc(C3CCCCC3)s2)OC1(C)C. The minimum Gasteiger partial charge on any atom is -0.399 e. The van der Waals surface area contributed by atoms with Gasteiger partial charge in [-0.15, -0.1) is 11.3 Å². The number of hydrogen-bond acceptors (Lipinski definition) is 3. The summed E-state index contributed by atoms with van der Waals surface area (Å²) in [7, 11) is -0.192. The van der Waals surface area contributed by atoms with Gasteiger partial charge in [0, 0.05) is 9.65 Å². The van der Waals surface area contributed by atoms with Crippen LogP contribution in [0.15, 0.2) is 12.1 Å². The van der Waals surface area contributed by atoms with Crippen molar-refractivity contribution in [3.63, 3.8) is 0 Å². The van der Waals surface area contributed by atoms with Crippen LogP contribution in [-0.2, 0) is 9.31 Å². The summed E-state index contributed by atoms with van der Waals surface area (Å²) < 4.78 is 13.5. The second-order valence-electron chi connectivity index (χ2n) is 7.16. The summed E-state index contributed by atoms with van der Waals surface area (Å²) in [6, 6.07) is 4.50. The van der Waals surface area contributed by atoms with Gasteiger partial charge < -0.3 is 9.31 Å². The maximum Gasteiger partial charge on any atom is 0.505 e. The van der Waals surface area contributed by atoms with Crippen LogP contribution in [-0.4, -0.2) is 18.3 Å². The lowest BCUT2D eigenvalue weighted by Gasteiger charge is -2.32. The van der Waals surface area contributed by atoms with Crippen LogP contribution in [0.4, 0.5) is 0 Å². The molecule has 1 aromatic heterocycles. The molecule has 1 saturated carbocycles. The quantitative estimate of drug-likeness (QED) is 0.764. The van der Waals surface area contributed by atoms with E-state index in [0.29, 0.717) is 0 Å². The summed E-state index contributed by atoms with van der Waals surface area (Å²) in [6.07, 6.45) is 6.88. The Bertz CT molecular complexity index is 459. The molecule has 0 radical (unpaired) electrons. The molecule has 0 bridgehead atoms. The van der Waals surface area contributed by atoms with E-state index in [4.69, 9.17) is 9.31 Å². The highest BCUT2D eigenvalue weighted by atomic mass is 32.1. The van der Waals surface area contributed by atoms with E-state index >= 15 is 0 Å². The molecule has 1 aromatic rings. The van der Waals surface area contributed by atoms with Gasteiger partial charge in [0.2, 0.25) is 0 Å². The van der Waals surface area contributed by atoms with Crippen LogP contribution in [0.1, 0.15) is 70.6 Å². The Hall–Kier alpha value is -0.315. The molecule has 20 heavy (non-hydrogen) atoms. The number of hydrogen-bond donors (Lipinski definition) is 0. The highest BCUT2D eigenvalue weighted by Gasteiger charge is 2.52. The van der Waals surface area contributed by atoms with Gasteiger partial charge in [0.25, 0.3) is 0 Å². The smallest absolute Gasteiger partial charge is 0.399 e. The van der Waals surface area contributed by atoms with Crippen molar-refractivity contribution in [2.45, 2.75) is 76.9 Å². The zero-order valence-electron chi connectivity index (χ0n) is 13.1. The zero-order chi connectivity index (χ0) is 14.4. The van der Waals surface area contributed by atoms with Crippen molar-refractivity contribution in [1.82, 2.24) is 0 Å². The molecule has 0 amide bonds. The molecule has 2 fully saturated rings. The van der Waals surface area contributed by atoms with Crippen molar-refractivity contribution in [2.75, 3.05) is 0 Å². The standard InChI is InChI=1S/C16H25BO2S/c1-15(2)16(3,4)19-17(18-15)14-11-10-13(20-14)12-8-6-5-7-9-12/h10-12H,5-9H2,1-4H3. The van der Waals surface area contributed by atoms with Crippen molar-refractivity contribution < 1.29 is 9.31 Å². The highest BCUT2D eigenvalue weighted by Crippen LogP contribution is 2.38. The Kier molecular flexibility index (Phi) is 3.76. The van der Waals surface area contributed by atoms with Gasteiger partial charge in [0.05, 0.1) is 11.2 Å². The second-order valence-corrected chi connectivity index (χ2v) is 8.31. The Morgan fingerprint density at radius 1 is 1.00 bits per heavy atom. The van der Waals surface area contributed by atoms with Crippen LogP contribution in [0.3, 0.4) is 0 Å². The molecule has 1 saturated heterocycles. The first-order chi connectivity index (χ1) is 9.39. The Morgan fingerprint density at radius 2 is 1.60 bits per heavy atom. The van der Waals surface area contributed by atoms with Crippen LogP contribution in [0.5, 0.6) is 0 Å². The molecule has 0 aromatic carbocycles. The Balaban J connectivity index is 1.74. The van der Waals surface area contributed by atoms with Crippen LogP contribution in [0, 0.1) is 0 Å². The zero-order valence-corrected chi connectivity index (χ0v) is 13.9. The molecular formula is C16H25BO2S. The summed E-state index contributed by atoms with van der Waals surface area (Å²) in [5, 5.41) is 0. The van der Waals surface area contributed by atoms with E-state index in [9.17, 15) is 0 Å². The van der Waals surface area contributed by atoms with E-state index in [1.165, 1.54) is 41.8 Å². The summed E-state index contributed by atoms with van der Waals surface area (Å²) in [4.78, 5) is 1.52. The van der Waals surface area contributed by atoms with Crippen molar-refractivity contribution in [3.05, 3.63) is 17.0 Å². The molecule has 3 rings (SSSR count). The molecule has 1 aliphatic heterocycles. The fourth-order valence-electron chi connectivity index (χ4n) is 3.06. The second kappa shape index (κ2) is 5.15. The van der Waals surface area contributed by atoms with E-state index in [2.05, 4.69) is 39.8 Å². The van der Waals surface area contributed by atoms with Crippen molar-refractivity contribution in [2.24, 2.45) is 0 Å². The Labute approximate surface area is 127 Å². The summed E-state index contributed by atoms with van der Waals surface area (Å²) >= 11 is 1.89. The third-order valence-corrected chi connectivity index (χ3v) is 6.41. The highest BCUT2D eigenvalue weighted by molar-refractivity contribution is 7.22. The van der Waals surface area contributed by atoms with E-state index in [-0.39, 0.29) is 18.3 Å². The van der Waals surface area contributed by atoms with Crippen LogP contribution in [0.25, 0.3) is 0 Å². The molecule has 0 unspecified atom stereocenters. The molecule has 2 aliphatic rings. The van der Waals surface area contributed by atoms with E-state index < -0.39 is 0 Å². The van der Waals surface area contributed by atoms with Crippen molar-refractivity contribution >= 4 is 23.2 Å². The third kappa shape index (κ3) is 2.58. The first-order valence-corrected chi connectivity index (χ1v) is 8.66. The molecule has 2 heterocycles. The minimum atomic E-state index is -0.243. The largest absolute Gasteiger partial charge is 0.505 e. The third-order valence-electron chi connectivity index (χ3n) is 5.14. The van der Waals surface area contributed by atoms with Gasteiger partial charge in [0.15, 0.2) is 0 Å². The average Bonchev–Trinajstić information content (AvgIpc) is 2.94. The van der Waals surface area contributed by atoms with Gasteiger partial charge in [-0.25, -0.2) is 0 Å². The molecular weight excluding hydrogens is 267 g/mol. The maximum absolute atomic E-state index is 6.14. The van der Waals surface area contributed by atoms with Gasteiger partial charge in [-0.2, -0.15) is 0 Å². The fourth-order valence-corrected chi connectivity index (χ4v) is 4.20. The first-order valence-electron chi connectivity index (χ1n) is 7.84. The topological polar surface area (TPSA) is 18.5 Å². The lowest BCUT2D eigenvalue weighted by atomic mass is 9.87. The molecule has 0 atom stereocenters. The van der Waals surface area contributed by atoms with E-state index in [1.807, 2.05) is 11.3 Å². The number of rotatable bonds is 2. The molecule has 0 spiro atoms. The van der Waals surface area contributed by atoms with Gasteiger partial charge in [-0.1, -0.05) is 25.3 Å². The van der Waals surface area contributed by atoms with Crippen molar-refractivity contribution in [1.29, 1.82) is 0 Å². The van der Waals surface area contributed by atoms with E-state index in [0.717, 1.165) is 5.92 Å². The van der Waals surface area contributed by atoms with Gasteiger partial charge in [0.1, 0.15) is 0 Å². The van der Waals surface area contributed by atoms with Crippen LogP contribution < -0.4 is 4.78 Å². The lowest BCUT2D eigenvalue weighted by Crippen LogP contribution is -2.41. The monoisotopic (exact) mass is 292 g/mol. The summed E-state index contributed by atoms with van der Waals surface area (Å²) in [5.74, 6) is 0.768. The minimum absolute atomic E-state index is 0.192. The van der Waals surface area contributed by atoms with E-state index in [1.54, 1.807) is 0 Å². The predicted octanol–water partition coefficient (Wildman–Crippen LogP) is 4.10. The average molecular weight is 292 g/mol. The normalized spacial score (nSPS) is 26.1. The molecule has 4 heteroatoms.